The van der Waals surface area contributed by atoms with Crippen LogP contribution in [0, 0.1) is 13.8 Å². The van der Waals surface area contributed by atoms with Gasteiger partial charge in [-0.05, 0) is 73.2 Å². The maximum absolute atomic E-state index is 13.6. The van der Waals surface area contributed by atoms with E-state index in [1.54, 1.807) is 18.2 Å². The van der Waals surface area contributed by atoms with E-state index < -0.39 is 10.0 Å². The van der Waals surface area contributed by atoms with Crippen molar-refractivity contribution in [2.24, 2.45) is 0 Å². The number of benzene rings is 3. The average molecular weight is 477 g/mol. The first-order chi connectivity index (χ1) is 16.3. The number of nitrogens with one attached hydrogen (secondary N) is 1. The molecule has 176 valence electrons. The van der Waals surface area contributed by atoms with Gasteiger partial charge in [-0.15, -0.1) is 0 Å². The maximum atomic E-state index is 13.6. The number of hydrogen-bond donors (Lipinski definition) is 1. The first-order valence-electron chi connectivity index (χ1n) is 11.1. The molecule has 0 aliphatic carbocycles. The lowest BCUT2D eigenvalue weighted by atomic mass is 10.1. The summed E-state index contributed by atoms with van der Waals surface area (Å²) in [6.07, 6.45) is 0.530. The molecular weight excluding hydrogens is 448 g/mol. The molecule has 0 fully saturated rings. The third-order valence-corrected chi connectivity index (χ3v) is 7.71. The summed E-state index contributed by atoms with van der Waals surface area (Å²) < 4.78 is 33.8. The lowest BCUT2D eigenvalue weighted by Gasteiger charge is -2.22. The molecule has 1 N–H and O–H groups in total. The van der Waals surface area contributed by atoms with Gasteiger partial charge in [0.15, 0.2) is 0 Å². The van der Waals surface area contributed by atoms with Crippen LogP contribution in [0.15, 0.2) is 82.5 Å². The molecule has 0 saturated carbocycles. The number of hydrogen-bond acceptors (Lipinski definition) is 4. The first-order valence-corrected chi connectivity index (χ1v) is 12.5. The zero-order valence-corrected chi connectivity index (χ0v) is 20.4. The number of fused-ring (bicyclic) bond motifs is 1. The third kappa shape index (κ3) is 5.21. The van der Waals surface area contributed by atoms with Gasteiger partial charge < -0.3 is 9.72 Å². The second-order valence-corrected chi connectivity index (χ2v) is 10.4. The molecule has 0 unspecified atom stereocenters. The highest BCUT2D eigenvalue weighted by molar-refractivity contribution is 7.89. The van der Waals surface area contributed by atoms with E-state index in [1.165, 1.54) is 23.5 Å². The van der Waals surface area contributed by atoms with Crippen LogP contribution in [0.5, 0.6) is 5.75 Å². The average Bonchev–Trinajstić information content (AvgIpc) is 2.82. The molecule has 1 heterocycles. The van der Waals surface area contributed by atoms with Crippen LogP contribution in [0.1, 0.15) is 22.3 Å². The Morgan fingerprint density at radius 2 is 1.65 bits per heavy atom. The van der Waals surface area contributed by atoms with E-state index >= 15 is 0 Å². The molecule has 4 rings (SSSR count). The fraction of sp³-hybridized carbons (Fsp3) is 0.222. The summed E-state index contributed by atoms with van der Waals surface area (Å²) in [4.78, 5) is 15.9. The molecule has 0 spiro atoms. The van der Waals surface area contributed by atoms with Crippen LogP contribution in [-0.2, 0) is 23.0 Å². The highest BCUT2D eigenvalue weighted by atomic mass is 32.2. The molecule has 0 amide bonds. The lowest BCUT2D eigenvalue weighted by molar-refractivity contribution is 0.406. The summed E-state index contributed by atoms with van der Waals surface area (Å²) in [5, 5.41) is 0.862. The van der Waals surface area contributed by atoms with Gasteiger partial charge in [-0.25, -0.2) is 8.42 Å². The molecule has 7 heteroatoms. The number of methoxy groups -OCH3 is 1. The van der Waals surface area contributed by atoms with Crippen LogP contribution in [0.2, 0.25) is 0 Å². The Balaban J connectivity index is 1.70. The summed E-state index contributed by atoms with van der Waals surface area (Å²) in [6, 6.07) is 21.9. The van der Waals surface area contributed by atoms with Crippen molar-refractivity contribution in [3.63, 3.8) is 0 Å². The van der Waals surface area contributed by atoms with Crippen molar-refractivity contribution in [2.45, 2.75) is 31.7 Å². The van der Waals surface area contributed by atoms with Crippen LogP contribution < -0.4 is 10.3 Å². The van der Waals surface area contributed by atoms with Gasteiger partial charge in [0.05, 0.1) is 12.0 Å². The van der Waals surface area contributed by atoms with Gasteiger partial charge >= 0.3 is 0 Å². The van der Waals surface area contributed by atoms with Gasteiger partial charge in [0.25, 0.3) is 5.56 Å². The minimum absolute atomic E-state index is 0.0284. The molecule has 0 aliphatic rings. The Kier molecular flexibility index (Phi) is 6.86. The molecule has 0 bridgehead atoms. The van der Waals surface area contributed by atoms with E-state index in [2.05, 4.69) is 4.98 Å². The molecule has 0 radical (unpaired) electrons. The Hall–Kier alpha value is -3.42. The van der Waals surface area contributed by atoms with E-state index in [-0.39, 0.29) is 23.5 Å². The third-order valence-electron chi connectivity index (χ3n) is 5.85. The summed E-state index contributed by atoms with van der Waals surface area (Å²) in [7, 11) is -2.32. The normalized spacial score (nSPS) is 11.8. The summed E-state index contributed by atoms with van der Waals surface area (Å²) in [5.41, 5.74) is 4.04. The predicted octanol–water partition coefficient (Wildman–Crippen LogP) is 4.59. The van der Waals surface area contributed by atoms with Gasteiger partial charge in [0.1, 0.15) is 5.75 Å². The van der Waals surface area contributed by atoms with Gasteiger partial charge in [0.2, 0.25) is 10.0 Å². The lowest BCUT2D eigenvalue weighted by Crippen LogP contribution is -2.34. The van der Waals surface area contributed by atoms with E-state index in [0.29, 0.717) is 17.7 Å². The number of aromatic amines is 1. The zero-order chi connectivity index (χ0) is 24.3. The van der Waals surface area contributed by atoms with Crippen LogP contribution >= 0.6 is 0 Å². The Morgan fingerprint density at radius 1 is 0.912 bits per heavy atom. The standard InChI is InChI=1S/C27H28N2O4S/c1-19-5-4-6-21(15-19)13-14-29(34(31,32)25-11-9-24(33-3)10-12-25)18-23-17-22-8-7-20(2)16-26(22)28-27(23)30/h4-12,15-17H,13-14,18H2,1-3H3,(H,28,30). The molecule has 3 aromatic carbocycles. The van der Waals surface area contributed by atoms with Crippen LogP contribution in [0.25, 0.3) is 10.9 Å². The second kappa shape index (κ2) is 9.83. The highest BCUT2D eigenvalue weighted by Gasteiger charge is 2.26. The number of nitrogens with zero attached hydrogens (tertiary/aromatic N) is 1. The zero-order valence-electron chi connectivity index (χ0n) is 19.5. The monoisotopic (exact) mass is 476 g/mol. The SMILES string of the molecule is COc1ccc(S(=O)(=O)N(CCc2cccc(C)c2)Cc2cc3ccc(C)cc3[nH]c2=O)cc1. The Morgan fingerprint density at radius 3 is 2.35 bits per heavy atom. The maximum Gasteiger partial charge on any atom is 0.252 e. The van der Waals surface area contributed by atoms with Crippen LogP contribution in [0.4, 0.5) is 0 Å². The number of aromatic nitrogens is 1. The second-order valence-electron chi connectivity index (χ2n) is 8.47. The number of H-pyrrole nitrogens is 1. The predicted molar refractivity (Wildman–Crippen MR) is 135 cm³/mol. The number of pyridine rings is 1. The van der Waals surface area contributed by atoms with Crippen molar-refractivity contribution >= 4 is 20.9 Å². The molecule has 0 aliphatic heterocycles. The number of rotatable bonds is 8. The van der Waals surface area contributed by atoms with E-state index in [4.69, 9.17) is 4.74 Å². The van der Waals surface area contributed by atoms with Crippen molar-refractivity contribution in [2.75, 3.05) is 13.7 Å². The van der Waals surface area contributed by atoms with E-state index in [1.807, 2.05) is 56.3 Å². The number of sulfonamides is 1. The molecule has 0 saturated heterocycles. The van der Waals surface area contributed by atoms with Gasteiger partial charge in [-0.1, -0.05) is 42.0 Å². The molecule has 0 atom stereocenters. The topological polar surface area (TPSA) is 79.5 Å². The van der Waals surface area contributed by atoms with Crippen molar-refractivity contribution in [1.29, 1.82) is 0 Å². The van der Waals surface area contributed by atoms with Gasteiger partial charge in [-0.2, -0.15) is 4.31 Å². The minimum atomic E-state index is -3.86. The summed E-state index contributed by atoms with van der Waals surface area (Å²) in [6.45, 7) is 4.17. The fourth-order valence-electron chi connectivity index (χ4n) is 3.97. The molecule has 6 nitrogen and oxygen atoms in total. The smallest absolute Gasteiger partial charge is 0.252 e. The van der Waals surface area contributed by atoms with Gasteiger partial charge in [-0.3, -0.25) is 4.79 Å². The summed E-state index contributed by atoms with van der Waals surface area (Å²) >= 11 is 0. The number of ether oxygens (including phenoxy) is 1. The molecule has 4 aromatic rings. The fourth-order valence-corrected chi connectivity index (χ4v) is 5.39. The minimum Gasteiger partial charge on any atom is -0.497 e. The van der Waals surface area contributed by atoms with Crippen molar-refractivity contribution in [1.82, 2.24) is 9.29 Å². The Bertz CT molecular complexity index is 1480. The molecule has 34 heavy (non-hydrogen) atoms. The molecular formula is C27H28N2O4S. The van der Waals surface area contributed by atoms with Crippen molar-refractivity contribution in [3.05, 3.63) is 105 Å². The highest BCUT2D eigenvalue weighted by Crippen LogP contribution is 2.22. The van der Waals surface area contributed by atoms with Crippen molar-refractivity contribution in [3.8, 4) is 5.75 Å². The molecule has 1 aromatic heterocycles. The van der Waals surface area contributed by atoms with E-state index in [9.17, 15) is 13.2 Å². The quantitative estimate of drug-likeness (QED) is 0.404. The van der Waals surface area contributed by atoms with E-state index in [0.717, 1.165) is 27.6 Å². The van der Waals surface area contributed by atoms with Crippen LogP contribution in [0.3, 0.4) is 0 Å². The number of aryl methyl sites for hydroxylation is 2. The largest absolute Gasteiger partial charge is 0.497 e. The van der Waals surface area contributed by atoms with Crippen LogP contribution in [-0.4, -0.2) is 31.4 Å². The first kappa shape index (κ1) is 23.7. The summed E-state index contributed by atoms with van der Waals surface area (Å²) in [5.74, 6) is 0.575. The van der Waals surface area contributed by atoms with Crippen molar-refractivity contribution < 1.29 is 13.2 Å². The Labute approximate surface area is 199 Å². The van der Waals surface area contributed by atoms with Gasteiger partial charge in [0, 0.05) is 24.2 Å².